The molecular formula is C20H29NO7S. The molecule has 29 heavy (non-hydrogen) atoms. The van der Waals surface area contributed by atoms with Crippen LogP contribution >= 0.6 is 0 Å². The number of likely N-dealkylation sites (tertiary alicyclic amines) is 1. The second-order valence-electron chi connectivity index (χ2n) is 7.80. The maximum absolute atomic E-state index is 12.0. The van der Waals surface area contributed by atoms with Crippen molar-refractivity contribution in [1.29, 1.82) is 0 Å². The van der Waals surface area contributed by atoms with Crippen LogP contribution in [-0.4, -0.2) is 70.0 Å². The van der Waals surface area contributed by atoms with Gasteiger partial charge in [-0.25, -0.2) is 13.2 Å². The molecule has 3 rings (SSSR count). The molecule has 162 valence electrons. The molecule has 0 atom stereocenters. The number of piperidine rings is 1. The maximum Gasteiger partial charge on any atom is 0.410 e. The molecule has 1 aromatic carbocycles. The predicted molar refractivity (Wildman–Crippen MR) is 105 cm³/mol. The molecule has 2 saturated heterocycles. The van der Waals surface area contributed by atoms with Crippen molar-refractivity contribution >= 4 is 15.9 Å². The van der Waals surface area contributed by atoms with Crippen LogP contribution in [0.4, 0.5) is 4.79 Å². The monoisotopic (exact) mass is 427 g/mol. The molecule has 0 radical (unpaired) electrons. The topological polar surface area (TPSA) is 91.4 Å². The van der Waals surface area contributed by atoms with E-state index in [0.29, 0.717) is 45.8 Å². The minimum absolute atomic E-state index is 0.138. The predicted octanol–water partition coefficient (Wildman–Crippen LogP) is 2.36. The van der Waals surface area contributed by atoms with Crippen molar-refractivity contribution in [2.75, 3.05) is 32.6 Å². The second kappa shape index (κ2) is 8.99. The van der Waals surface area contributed by atoms with E-state index < -0.39 is 15.6 Å². The Morgan fingerprint density at radius 3 is 2.28 bits per heavy atom. The summed E-state index contributed by atoms with van der Waals surface area (Å²) in [5.74, 6) is -0.661. The van der Waals surface area contributed by atoms with Crippen molar-refractivity contribution in [3.63, 3.8) is 0 Å². The Morgan fingerprint density at radius 1 is 1.17 bits per heavy atom. The summed E-state index contributed by atoms with van der Waals surface area (Å²) in [5.41, 5.74) is 0.884. The van der Waals surface area contributed by atoms with Gasteiger partial charge < -0.3 is 23.8 Å². The van der Waals surface area contributed by atoms with Gasteiger partial charge in [-0.2, -0.15) is 0 Å². The summed E-state index contributed by atoms with van der Waals surface area (Å²) in [4.78, 5) is 14.0. The summed E-state index contributed by atoms with van der Waals surface area (Å²) in [5, 5.41) is 0. The molecule has 8 nitrogen and oxygen atoms in total. The Hall–Kier alpha value is -1.68. The van der Waals surface area contributed by atoms with Crippen molar-refractivity contribution < 1.29 is 32.2 Å². The fraction of sp³-hybridized carbons (Fsp3) is 0.650. The number of hydrogen-bond donors (Lipinski definition) is 0. The van der Waals surface area contributed by atoms with Gasteiger partial charge in [0.25, 0.3) is 0 Å². The zero-order valence-electron chi connectivity index (χ0n) is 17.1. The first kappa shape index (κ1) is 22.0. The number of benzene rings is 1. The Balaban J connectivity index is 1.42. The van der Waals surface area contributed by atoms with E-state index in [9.17, 15) is 13.2 Å². The molecule has 2 aliphatic heterocycles. The van der Waals surface area contributed by atoms with Crippen LogP contribution in [0, 0.1) is 0 Å². The number of sulfone groups is 1. The lowest BCUT2D eigenvalue weighted by Gasteiger charge is -2.44. The molecule has 1 spiro atoms. The first-order valence-corrected chi connectivity index (χ1v) is 11.7. The van der Waals surface area contributed by atoms with Gasteiger partial charge in [0.1, 0.15) is 6.10 Å². The molecule has 0 bridgehead atoms. The molecule has 0 unspecified atom stereocenters. The zero-order chi connectivity index (χ0) is 21.1. The molecule has 0 saturated carbocycles. The molecule has 0 aromatic heterocycles. The third kappa shape index (κ3) is 5.91. The van der Waals surface area contributed by atoms with E-state index in [1.54, 1.807) is 29.2 Å². The number of ether oxygens (including phenoxy) is 4. The largest absolute Gasteiger partial charge is 0.447 e. The lowest BCUT2D eigenvalue weighted by molar-refractivity contribution is -0.311. The Morgan fingerprint density at radius 2 is 1.76 bits per heavy atom. The van der Waals surface area contributed by atoms with Crippen molar-refractivity contribution in [3.05, 3.63) is 29.8 Å². The zero-order valence-corrected chi connectivity index (χ0v) is 17.9. The Bertz CT molecular complexity index is 789. The van der Waals surface area contributed by atoms with Crippen molar-refractivity contribution in [1.82, 2.24) is 4.90 Å². The SMILES string of the molecule is CC(C)OC(=O)N1CCC2(CC1)OCC(OCc1ccc(S(C)(=O)=O)cc1)CO2. The van der Waals surface area contributed by atoms with Gasteiger partial charge in [0.15, 0.2) is 15.6 Å². The number of amides is 1. The number of hydrogen-bond acceptors (Lipinski definition) is 7. The van der Waals surface area contributed by atoms with E-state index in [4.69, 9.17) is 18.9 Å². The third-order valence-electron chi connectivity index (χ3n) is 5.02. The summed E-state index contributed by atoms with van der Waals surface area (Å²) in [6, 6.07) is 6.65. The molecule has 2 fully saturated rings. The molecule has 2 aliphatic rings. The summed E-state index contributed by atoms with van der Waals surface area (Å²) in [7, 11) is -3.20. The molecule has 0 aliphatic carbocycles. The van der Waals surface area contributed by atoms with Crippen LogP contribution in [0.25, 0.3) is 0 Å². The van der Waals surface area contributed by atoms with Crippen LogP contribution in [-0.2, 0) is 35.4 Å². The molecular weight excluding hydrogens is 398 g/mol. The van der Waals surface area contributed by atoms with E-state index in [0.717, 1.165) is 5.56 Å². The van der Waals surface area contributed by atoms with E-state index in [1.807, 2.05) is 13.8 Å². The molecule has 2 heterocycles. The Labute approximate surface area is 172 Å². The molecule has 0 N–H and O–H groups in total. The van der Waals surface area contributed by atoms with Crippen molar-refractivity contribution in [2.45, 2.75) is 56.2 Å². The number of rotatable bonds is 5. The first-order valence-electron chi connectivity index (χ1n) is 9.81. The lowest BCUT2D eigenvalue weighted by Crippen LogP contribution is -2.54. The summed E-state index contributed by atoms with van der Waals surface area (Å²) in [6.07, 6.45) is 1.75. The van der Waals surface area contributed by atoms with Crippen LogP contribution in [0.5, 0.6) is 0 Å². The minimum Gasteiger partial charge on any atom is -0.447 e. The number of nitrogens with zero attached hydrogens (tertiary/aromatic N) is 1. The van der Waals surface area contributed by atoms with E-state index in [1.165, 1.54) is 6.26 Å². The fourth-order valence-corrected chi connectivity index (χ4v) is 3.95. The van der Waals surface area contributed by atoms with Crippen molar-refractivity contribution in [2.24, 2.45) is 0 Å². The van der Waals surface area contributed by atoms with E-state index in [-0.39, 0.29) is 23.2 Å². The van der Waals surface area contributed by atoms with Gasteiger partial charge in [0.05, 0.1) is 30.8 Å². The molecule has 9 heteroatoms. The van der Waals surface area contributed by atoms with Gasteiger partial charge in [0.2, 0.25) is 0 Å². The molecule has 1 amide bonds. The average Bonchev–Trinajstić information content (AvgIpc) is 2.67. The first-order chi connectivity index (χ1) is 13.7. The molecule has 1 aromatic rings. The highest BCUT2D eigenvalue weighted by Crippen LogP contribution is 2.32. The second-order valence-corrected chi connectivity index (χ2v) is 9.82. The minimum atomic E-state index is -3.20. The standard InChI is InChI=1S/C20H29NO7S/c1-15(2)28-19(22)21-10-8-20(9-11-21)26-13-17(14-27-20)25-12-16-4-6-18(7-5-16)29(3,23)24/h4-7,15,17H,8-14H2,1-3H3. The quantitative estimate of drug-likeness (QED) is 0.712. The van der Waals surface area contributed by atoms with Crippen LogP contribution < -0.4 is 0 Å². The summed E-state index contributed by atoms with van der Waals surface area (Å²) >= 11 is 0. The number of carbonyl (C=O) groups excluding carboxylic acids is 1. The van der Waals surface area contributed by atoms with Crippen molar-refractivity contribution in [3.8, 4) is 0 Å². The smallest absolute Gasteiger partial charge is 0.410 e. The summed E-state index contributed by atoms with van der Waals surface area (Å²) in [6.45, 7) is 5.90. The normalized spacial score (nSPS) is 20.2. The number of carbonyl (C=O) groups is 1. The van der Waals surface area contributed by atoms with E-state index in [2.05, 4.69) is 0 Å². The van der Waals surface area contributed by atoms with Gasteiger partial charge in [-0.1, -0.05) is 12.1 Å². The van der Waals surface area contributed by atoms with Gasteiger partial charge in [-0.3, -0.25) is 0 Å². The Kier molecular flexibility index (Phi) is 6.83. The van der Waals surface area contributed by atoms with Crippen LogP contribution in [0.1, 0.15) is 32.3 Å². The van der Waals surface area contributed by atoms with E-state index >= 15 is 0 Å². The fourth-order valence-electron chi connectivity index (χ4n) is 3.32. The summed E-state index contributed by atoms with van der Waals surface area (Å²) < 4.78 is 46.0. The third-order valence-corrected chi connectivity index (χ3v) is 6.15. The maximum atomic E-state index is 12.0. The highest BCUT2D eigenvalue weighted by atomic mass is 32.2. The highest BCUT2D eigenvalue weighted by molar-refractivity contribution is 7.90. The van der Waals surface area contributed by atoms with Gasteiger partial charge in [0, 0.05) is 32.2 Å². The van der Waals surface area contributed by atoms with Crippen LogP contribution in [0.3, 0.4) is 0 Å². The van der Waals surface area contributed by atoms with Gasteiger partial charge >= 0.3 is 6.09 Å². The average molecular weight is 428 g/mol. The lowest BCUT2D eigenvalue weighted by atomic mass is 10.0. The van der Waals surface area contributed by atoms with Gasteiger partial charge in [-0.05, 0) is 31.5 Å². The van der Waals surface area contributed by atoms with Crippen LogP contribution in [0.15, 0.2) is 29.2 Å². The highest BCUT2D eigenvalue weighted by Gasteiger charge is 2.42. The van der Waals surface area contributed by atoms with Gasteiger partial charge in [-0.15, -0.1) is 0 Å². The van der Waals surface area contributed by atoms with Crippen LogP contribution in [0.2, 0.25) is 0 Å².